The summed E-state index contributed by atoms with van der Waals surface area (Å²) in [5.41, 5.74) is 1.88. The molecule has 0 aliphatic carbocycles. The first kappa shape index (κ1) is 13.7. The summed E-state index contributed by atoms with van der Waals surface area (Å²) in [6.45, 7) is 4.47. The number of hydrogen-bond donors (Lipinski definition) is 0. The van der Waals surface area contributed by atoms with Crippen LogP contribution >= 0.6 is 11.3 Å². The van der Waals surface area contributed by atoms with E-state index in [0.29, 0.717) is 0 Å². The number of thiophene rings is 1. The van der Waals surface area contributed by atoms with E-state index in [1.807, 2.05) is 10.6 Å². The molecule has 4 rings (SSSR count). The molecule has 1 unspecified atom stereocenters. The second-order valence-electron chi connectivity index (χ2n) is 5.86. The van der Waals surface area contributed by atoms with Crippen LogP contribution in [-0.2, 0) is 0 Å². The van der Waals surface area contributed by atoms with Crippen molar-refractivity contribution in [3.8, 4) is 11.4 Å². The van der Waals surface area contributed by atoms with Crippen LogP contribution in [0.1, 0.15) is 26.2 Å². The van der Waals surface area contributed by atoms with Gasteiger partial charge in [-0.25, -0.2) is 0 Å². The van der Waals surface area contributed by atoms with Crippen molar-refractivity contribution in [2.75, 3.05) is 18.0 Å². The van der Waals surface area contributed by atoms with Gasteiger partial charge in [-0.15, -0.1) is 15.3 Å². The Labute approximate surface area is 133 Å². The summed E-state index contributed by atoms with van der Waals surface area (Å²) in [7, 11) is 0. The number of rotatable bonds is 3. The number of fused-ring (bicyclic) bond motifs is 1. The zero-order valence-corrected chi connectivity index (χ0v) is 13.5. The summed E-state index contributed by atoms with van der Waals surface area (Å²) in [6, 6.07) is 6.14. The second-order valence-corrected chi connectivity index (χ2v) is 6.64. The van der Waals surface area contributed by atoms with E-state index in [1.54, 1.807) is 11.3 Å². The van der Waals surface area contributed by atoms with Gasteiger partial charge < -0.3 is 4.90 Å². The predicted molar refractivity (Wildman–Crippen MR) is 89.3 cm³/mol. The van der Waals surface area contributed by atoms with Crippen LogP contribution in [0.15, 0.2) is 29.0 Å². The lowest BCUT2D eigenvalue weighted by molar-refractivity contribution is 0.402. The highest BCUT2D eigenvalue weighted by atomic mass is 32.1. The quantitative estimate of drug-likeness (QED) is 0.742. The lowest BCUT2D eigenvalue weighted by Crippen LogP contribution is -2.35. The molecule has 3 aromatic rings. The maximum absolute atomic E-state index is 4.81. The fourth-order valence-electron chi connectivity index (χ4n) is 3.13. The van der Waals surface area contributed by atoms with Crippen LogP contribution in [0.2, 0.25) is 0 Å². The zero-order chi connectivity index (χ0) is 14.9. The van der Waals surface area contributed by atoms with Crippen molar-refractivity contribution < 1.29 is 0 Å². The number of anilines is 1. The van der Waals surface area contributed by atoms with Crippen LogP contribution < -0.4 is 4.90 Å². The van der Waals surface area contributed by atoms with Crippen molar-refractivity contribution in [2.24, 2.45) is 5.92 Å². The predicted octanol–water partition coefficient (Wildman–Crippen LogP) is 3.48. The molecule has 0 amide bonds. The third kappa shape index (κ3) is 2.37. The van der Waals surface area contributed by atoms with Crippen LogP contribution in [0.3, 0.4) is 0 Å². The molecule has 5 nitrogen and oxygen atoms in total. The lowest BCUT2D eigenvalue weighted by atomic mass is 9.96. The van der Waals surface area contributed by atoms with Gasteiger partial charge in [-0.2, -0.15) is 15.9 Å². The van der Waals surface area contributed by atoms with E-state index in [4.69, 9.17) is 5.10 Å². The second kappa shape index (κ2) is 5.68. The molecule has 1 aliphatic rings. The van der Waals surface area contributed by atoms with Gasteiger partial charge in [0.25, 0.3) is 0 Å². The molecule has 114 valence electrons. The average Bonchev–Trinajstić information content (AvgIpc) is 3.23. The van der Waals surface area contributed by atoms with Gasteiger partial charge in [0, 0.05) is 24.0 Å². The van der Waals surface area contributed by atoms with Gasteiger partial charge in [-0.1, -0.05) is 13.3 Å². The van der Waals surface area contributed by atoms with Crippen molar-refractivity contribution in [1.82, 2.24) is 19.8 Å². The molecular weight excluding hydrogens is 294 g/mol. The first-order chi connectivity index (χ1) is 10.8. The summed E-state index contributed by atoms with van der Waals surface area (Å²) >= 11 is 1.66. The topological polar surface area (TPSA) is 46.3 Å². The van der Waals surface area contributed by atoms with Crippen LogP contribution in [-0.4, -0.2) is 32.9 Å². The Hall–Kier alpha value is -1.95. The van der Waals surface area contributed by atoms with Gasteiger partial charge in [-0.3, -0.25) is 0 Å². The van der Waals surface area contributed by atoms with Gasteiger partial charge in [0.1, 0.15) is 5.82 Å². The fourth-order valence-corrected chi connectivity index (χ4v) is 3.76. The van der Waals surface area contributed by atoms with Crippen molar-refractivity contribution >= 4 is 22.8 Å². The molecule has 22 heavy (non-hydrogen) atoms. The highest BCUT2D eigenvalue weighted by Gasteiger charge is 2.20. The standard InChI is InChI=1S/C16H19N5S/c1-2-12-4-3-8-20(10-12)15-6-5-14-17-18-16(21(14)19-15)13-7-9-22-11-13/h5-7,9,11-12H,2-4,8,10H2,1H3. The summed E-state index contributed by atoms with van der Waals surface area (Å²) in [5.74, 6) is 2.63. The molecule has 0 N–H and O–H groups in total. The average molecular weight is 313 g/mol. The maximum Gasteiger partial charge on any atom is 0.186 e. The molecule has 1 saturated heterocycles. The van der Waals surface area contributed by atoms with Crippen molar-refractivity contribution in [1.29, 1.82) is 0 Å². The largest absolute Gasteiger partial charge is 0.355 e. The van der Waals surface area contributed by atoms with Gasteiger partial charge in [0.2, 0.25) is 0 Å². The first-order valence-corrected chi connectivity index (χ1v) is 8.79. The van der Waals surface area contributed by atoms with E-state index in [9.17, 15) is 0 Å². The SMILES string of the molecule is CCC1CCCN(c2ccc3nnc(-c4ccsc4)n3n2)C1. The summed E-state index contributed by atoms with van der Waals surface area (Å²) in [4.78, 5) is 2.40. The molecule has 0 bridgehead atoms. The van der Waals surface area contributed by atoms with Gasteiger partial charge in [0.05, 0.1) is 0 Å². The normalized spacial score (nSPS) is 19.0. The lowest BCUT2D eigenvalue weighted by Gasteiger charge is -2.32. The summed E-state index contributed by atoms with van der Waals surface area (Å²) in [6.07, 6.45) is 3.82. The third-order valence-electron chi connectivity index (χ3n) is 4.45. The van der Waals surface area contributed by atoms with Gasteiger partial charge in [0.15, 0.2) is 11.5 Å². The Morgan fingerprint density at radius 1 is 1.27 bits per heavy atom. The van der Waals surface area contributed by atoms with Crippen LogP contribution in [0.25, 0.3) is 17.0 Å². The summed E-state index contributed by atoms with van der Waals surface area (Å²) < 4.78 is 1.87. The van der Waals surface area contributed by atoms with Gasteiger partial charge >= 0.3 is 0 Å². The van der Waals surface area contributed by atoms with Crippen molar-refractivity contribution in [3.63, 3.8) is 0 Å². The Morgan fingerprint density at radius 2 is 2.23 bits per heavy atom. The minimum absolute atomic E-state index is 0.781. The number of piperidine rings is 1. The van der Waals surface area contributed by atoms with E-state index in [1.165, 1.54) is 19.3 Å². The van der Waals surface area contributed by atoms with Crippen molar-refractivity contribution in [3.05, 3.63) is 29.0 Å². The smallest absolute Gasteiger partial charge is 0.186 e. The molecule has 1 aliphatic heterocycles. The zero-order valence-electron chi connectivity index (χ0n) is 12.6. The first-order valence-electron chi connectivity index (χ1n) is 7.85. The van der Waals surface area contributed by atoms with Crippen LogP contribution in [0.4, 0.5) is 5.82 Å². The number of hydrogen-bond acceptors (Lipinski definition) is 5. The van der Waals surface area contributed by atoms with E-state index >= 15 is 0 Å². The van der Waals surface area contributed by atoms with Crippen molar-refractivity contribution in [2.45, 2.75) is 26.2 Å². The highest BCUT2D eigenvalue weighted by molar-refractivity contribution is 7.08. The molecule has 1 atom stereocenters. The molecular formula is C16H19N5S. The molecule has 1 fully saturated rings. The van der Waals surface area contributed by atoms with Crippen LogP contribution in [0.5, 0.6) is 0 Å². The Balaban J connectivity index is 1.72. The minimum atomic E-state index is 0.781. The number of nitrogens with zero attached hydrogens (tertiary/aromatic N) is 5. The fraction of sp³-hybridized carbons (Fsp3) is 0.438. The van der Waals surface area contributed by atoms with Crippen LogP contribution in [0, 0.1) is 5.92 Å². The molecule has 3 aromatic heterocycles. The minimum Gasteiger partial charge on any atom is -0.355 e. The van der Waals surface area contributed by atoms with E-state index < -0.39 is 0 Å². The molecule has 0 saturated carbocycles. The third-order valence-corrected chi connectivity index (χ3v) is 5.13. The molecule has 0 radical (unpaired) electrons. The Morgan fingerprint density at radius 3 is 3.05 bits per heavy atom. The molecule has 4 heterocycles. The highest BCUT2D eigenvalue weighted by Crippen LogP contribution is 2.25. The monoisotopic (exact) mass is 313 g/mol. The van der Waals surface area contributed by atoms with E-state index in [-0.39, 0.29) is 0 Å². The summed E-state index contributed by atoms with van der Waals surface area (Å²) in [5, 5.41) is 17.5. The maximum atomic E-state index is 4.81. The Kier molecular flexibility index (Phi) is 3.54. The number of aromatic nitrogens is 4. The molecule has 6 heteroatoms. The van der Waals surface area contributed by atoms with Gasteiger partial charge in [-0.05, 0) is 42.3 Å². The Bertz CT molecular complexity index is 764. The molecule has 0 spiro atoms. The van der Waals surface area contributed by atoms with E-state index in [2.05, 4.69) is 44.9 Å². The van der Waals surface area contributed by atoms with E-state index in [0.717, 1.165) is 41.9 Å². The molecule has 0 aromatic carbocycles.